The van der Waals surface area contributed by atoms with Crippen LogP contribution in [0.2, 0.25) is 0 Å². The summed E-state index contributed by atoms with van der Waals surface area (Å²) in [7, 11) is -4.15. The van der Waals surface area contributed by atoms with Crippen molar-refractivity contribution in [1.82, 2.24) is 4.31 Å². The van der Waals surface area contributed by atoms with Gasteiger partial charge in [0.15, 0.2) is 0 Å². The zero-order chi connectivity index (χ0) is 24.3. The standard InChI is InChI=1S/C25H25F2N3O3S/c1-2-18-3-8-21(9-4-18)28-25(31)19-5-12-23(27)24(17-19)34(32,33)30-15-13-29(14-16-30)22-10-6-20(26)7-11-22/h3-12,17H,2,13-16H2,1H3,(H,28,31). The number of rotatable bonds is 6. The van der Waals surface area contributed by atoms with Crippen molar-refractivity contribution >= 4 is 27.3 Å². The van der Waals surface area contributed by atoms with Crippen LogP contribution in [0.25, 0.3) is 0 Å². The Kier molecular flexibility index (Phi) is 6.95. The predicted octanol–water partition coefficient (Wildman–Crippen LogP) is 4.29. The maximum absolute atomic E-state index is 14.6. The fourth-order valence-corrected chi connectivity index (χ4v) is 5.36. The van der Waals surface area contributed by atoms with E-state index < -0.39 is 26.6 Å². The van der Waals surface area contributed by atoms with Crippen molar-refractivity contribution in [3.63, 3.8) is 0 Å². The summed E-state index contributed by atoms with van der Waals surface area (Å²) in [5, 5.41) is 2.71. The first-order valence-electron chi connectivity index (χ1n) is 11.0. The Bertz CT molecular complexity index is 1270. The third-order valence-corrected chi connectivity index (χ3v) is 7.78. The Hall–Kier alpha value is -3.30. The largest absolute Gasteiger partial charge is 0.369 e. The van der Waals surface area contributed by atoms with E-state index in [2.05, 4.69) is 5.32 Å². The monoisotopic (exact) mass is 485 g/mol. The van der Waals surface area contributed by atoms with E-state index in [1.165, 1.54) is 22.5 Å². The van der Waals surface area contributed by atoms with Crippen molar-refractivity contribution in [2.75, 3.05) is 36.4 Å². The highest BCUT2D eigenvalue weighted by atomic mass is 32.2. The smallest absolute Gasteiger partial charge is 0.255 e. The van der Waals surface area contributed by atoms with Gasteiger partial charge >= 0.3 is 0 Å². The number of nitrogens with one attached hydrogen (secondary N) is 1. The summed E-state index contributed by atoms with van der Waals surface area (Å²) in [6.07, 6.45) is 0.867. The van der Waals surface area contributed by atoms with Crippen LogP contribution in [0.3, 0.4) is 0 Å². The highest BCUT2D eigenvalue weighted by Crippen LogP contribution is 2.24. The van der Waals surface area contributed by atoms with Crippen molar-refractivity contribution in [2.45, 2.75) is 18.2 Å². The van der Waals surface area contributed by atoms with E-state index >= 15 is 0 Å². The predicted molar refractivity (Wildman–Crippen MR) is 128 cm³/mol. The second-order valence-corrected chi connectivity index (χ2v) is 9.92. The second kappa shape index (κ2) is 9.90. The maximum atomic E-state index is 14.6. The van der Waals surface area contributed by atoms with E-state index in [9.17, 15) is 22.0 Å². The lowest BCUT2D eigenvalue weighted by Crippen LogP contribution is -2.48. The van der Waals surface area contributed by atoms with Gasteiger partial charge in [0.05, 0.1) is 0 Å². The normalized spacial score (nSPS) is 14.7. The fraction of sp³-hybridized carbons (Fsp3) is 0.240. The summed E-state index contributed by atoms with van der Waals surface area (Å²) in [4.78, 5) is 14.1. The minimum absolute atomic E-state index is 0.0458. The van der Waals surface area contributed by atoms with Gasteiger partial charge in [-0.15, -0.1) is 0 Å². The number of nitrogens with zero attached hydrogens (tertiary/aromatic N) is 2. The summed E-state index contributed by atoms with van der Waals surface area (Å²) in [5.41, 5.74) is 2.51. The Morgan fingerprint density at radius 3 is 2.18 bits per heavy atom. The van der Waals surface area contributed by atoms with Gasteiger partial charge in [0.1, 0.15) is 16.5 Å². The summed E-state index contributed by atoms with van der Waals surface area (Å²) < 4.78 is 55.3. The molecule has 0 atom stereocenters. The van der Waals surface area contributed by atoms with Gasteiger partial charge in [-0.2, -0.15) is 4.31 Å². The highest BCUT2D eigenvalue weighted by Gasteiger charge is 2.31. The van der Waals surface area contributed by atoms with Gasteiger partial charge in [-0.3, -0.25) is 4.79 Å². The molecule has 0 bridgehead atoms. The molecule has 1 aliphatic heterocycles. The molecule has 1 aliphatic rings. The Labute approximate surface area is 197 Å². The number of hydrogen-bond donors (Lipinski definition) is 1. The quantitative estimate of drug-likeness (QED) is 0.566. The average Bonchev–Trinajstić information content (AvgIpc) is 2.85. The molecule has 178 valence electrons. The number of halogens is 2. The lowest BCUT2D eigenvalue weighted by atomic mass is 10.1. The molecule has 34 heavy (non-hydrogen) atoms. The summed E-state index contributed by atoms with van der Waals surface area (Å²) in [6, 6.07) is 16.6. The molecule has 1 saturated heterocycles. The summed E-state index contributed by atoms with van der Waals surface area (Å²) in [5.74, 6) is -1.78. The molecule has 4 rings (SSSR count). The van der Waals surface area contributed by atoms with Crippen LogP contribution in [0.15, 0.2) is 71.6 Å². The number of sulfonamides is 1. The van der Waals surface area contributed by atoms with Crippen LogP contribution in [0.4, 0.5) is 20.2 Å². The summed E-state index contributed by atoms with van der Waals surface area (Å²) >= 11 is 0. The molecule has 6 nitrogen and oxygen atoms in total. The van der Waals surface area contributed by atoms with E-state index in [4.69, 9.17) is 0 Å². The second-order valence-electron chi connectivity index (χ2n) is 8.02. The molecule has 3 aromatic carbocycles. The van der Waals surface area contributed by atoms with Gasteiger partial charge < -0.3 is 10.2 Å². The van der Waals surface area contributed by atoms with Crippen LogP contribution < -0.4 is 10.2 Å². The van der Waals surface area contributed by atoms with Gasteiger partial charge in [0.2, 0.25) is 10.0 Å². The first-order chi connectivity index (χ1) is 16.3. The summed E-state index contributed by atoms with van der Waals surface area (Å²) in [6.45, 7) is 3.05. The molecule has 0 radical (unpaired) electrons. The molecule has 1 heterocycles. The number of piperazine rings is 1. The highest BCUT2D eigenvalue weighted by molar-refractivity contribution is 7.89. The topological polar surface area (TPSA) is 69.7 Å². The van der Waals surface area contributed by atoms with Crippen molar-refractivity contribution in [3.8, 4) is 0 Å². The lowest BCUT2D eigenvalue weighted by molar-refractivity contribution is 0.102. The zero-order valence-corrected chi connectivity index (χ0v) is 19.5. The van der Waals surface area contributed by atoms with E-state index in [-0.39, 0.29) is 24.5 Å². The number of hydrogen-bond acceptors (Lipinski definition) is 4. The average molecular weight is 486 g/mol. The molecule has 0 saturated carbocycles. The van der Waals surface area contributed by atoms with E-state index in [1.807, 2.05) is 24.0 Å². The molecule has 0 spiro atoms. The van der Waals surface area contributed by atoms with Crippen molar-refractivity contribution < 1.29 is 22.0 Å². The van der Waals surface area contributed by atoms with Gasteiger partial charge in [0, 0.05) is 43.1 Å². The Morgan fingerprint density at radius 1 is 0.912 bits per heavy atom. The van der Waals surface area contributed by atoms with Crippen LogP contribution in [-0.2, 0) is 16.4 Å². The Balaban J connectivity index is 1.48. The molecule has 9 heteroatoms. The molecular weight excluding hydrogens is 460 g/mol. The first-order valence-corrected chi connectivity index (χ1v) is 12.4. The van der Waals surface area contributed by atoms with Gasteiger partial charge in [-0.25, -0.2) is 17.2 Å². The van der Waals surface area contributed by atoms with Crippen LogP contribution in [-0.4, -0.2) is 44.8 Å². The molecular formula is C25H25F2N3O3S. The molecule has 0 aliphatic carbocycles. The van der Waals surface area contributed by atoms with E-state index in [0.717, 1.165) is 29.8 Å². The minimum Gasteiger partial charge on any atom is -0.369 e. The third kappa shape index (κ3) is 5.10. The van der Waals surface area contributed by atoms with E-state index in [1.54, 1.807) is 24.3 Å². The number of aryl methyl sites for hydroxylation is 1. The molecule has 1 fully saturated rings. The number of carbonyl (C=O) groups is 1. The van der Waals surface area contributed by atoms with Crippen LogP contribution in [0, 0.1) is 11.6 Å². The van der Waals surface area contributed by atoms with Crippen LogP contribution in [0.1, 0.15) is 22.8 Å². The van der Waals surface area contributed by atoms with Gasteiger partial charge in [-0.05, 0) is 66.6 Å². The third-order valence-electron chi connectivity index (χ3n) is 5.86. The number of amides is 1. The molecule has 1 N–H and O–H groups in total. The number of carbonyl (C=O) groups excluding carboxylic acids is 1. The molecule has 3 aromatic rings. The fourth-order valence-electron chi connectivity index (χ4n) is 3.85. The number of anilines is 2. The number of benzene rings is 3. The van der Waals surface area contributed by atoms with Crippen molar-refractivity contribution in [2.24, 2.45) is 0 Å². The SMILES string of the molecule is CCc1ccc(NC(=O)c2ccc(F)c(S(=O)(=O)N3CCN(c4ccc(F)cc4)CC3)c2)cc1. The van der Waals surface area contributed by atoms with Crippen LogP contribution in [0.5, 0.6) is 0 Å². The lowest BCUT2D eigenvalue weighted by Gasteiger charge is -2.35. The van der Waals surface area contributed by atoms with E-state index in [0.29, 0.717) is 18.8 Å². The molecule has 0 aromatic heterocycles. The van der Waals surface area contributed by atoms with Crippen LogP contribution >= 0.6 is 0 Å². The zero-order valence-electron chi connectivity index (χ0n) is 18.7. The first kappa shape index (κ1) is 23.8. The molecule has 1 amide bonds. The van der Waals surface area contributed by atoms with Crippen molar-refractivity contribution in [3.05, 3.63) is 89.5 Å². The molecule has 0 unspecified atom stereocenters. The minimum atomic E-state index is -4.15. The maximum Gasteiger partial charge on any atom is 0.255 e. The Morgan fingerprint density at radius 2 is 1.56 bits per heavy atom. The van der Waals surface area contributed by atoms with Gasteiger partial charge in [0.25, 0.3) is 5.91 Å². The van der Waals surface area contributed by atoms with Gasteiger partial charge in [-0.1, -0.05) is 19.1 Å². The van der Waals surface area contributed by atoms with Crippen molar-refractivity contribution in [1.29, 1.82) is 0 Å².